The summed E-state index contributed by atoms with van der Waals surface area (Å²) < 4.78 is 0. The van der Waals surface area contributed by atoms with Gasteiger partial charge in [0.15, 0.2) is 0 Å². The third kappa shape index (κ3) is 2.39. The first-order chi connectivity index (χ1) is 7.81. The van der Waals surface area contributed by atoms with Crippen molar-refractivity contribution in [1.82, 2.24) is 15.2 Å². The highest BCUT2D eigenvalue weighted by Crippen LogP contribution is 2.06. The van der Waals surface area contributed by atoms with Crippen LogP contribution in [0.5, 0.6) is 0 Å². The molecule has 1 saturated heterocycles. The van der Waals surface area contributed by atoms with Crippen LogP contribution in [0.15, 0.2) is 18.3 Å². The maximum atomic E-state index is 12.1. The molecule has 2 heterocycles. The number of aryl methyl sites for hydroxylation is 1. The Balaban J connectivity index is 2.07. The summed E-state index contributed by atoms with van der Waals surface area (Å²) in [6, 6.07) is 3.80. The van der Waals surface area contributed by atoms with Gasteiger partial charge in [-0.25, -0.2) is 0 Å². The second-order valence-electron chi connectivity index (χ2n) is 3.93. The molecule has 4 nitrogen and oxygen atoms in total. The molecular weight excluding hydrogens is 202 g/mol. The van der Waals surface area contributed by atoms with E-state index in [9.17, 15) is 4.79 Å². The zero-order valence-corrected chi connectivity index (χ0v) is 9.57. The van der Waals surface area contributed by atoms with E-state index in [1.165, 1.54) is 0 Å². The number of piperazine rings is 1. The summed E-state index contributed by atoms with van der Waals surface area (Å²) in [6.07, 6.45) is 2.59. The molecule has 0 atom stereocenters. The number of carbonyl (C=O) groups excluding carboxylic acids is 1. The fourth-order valence-corrected chi connectivity index (χ4v) is 1.81. The largest absolute Gasteiger partial charge is 0.336 e. The topological polar surface area (TPSA) is 45.2 Å². The van der Waals surface area contributed by atoms with Crippen LogP contribution in [0.2, 0.25) is 0 Å². The van der Waals surface area contributed by atoms with Crippen LogP contribution in [0, 0.1) is 0 Å². The molecule has 1 aliphatic rings. The number of hydrogen-bond acceptors (Lipinski definition) is 3. The van der Waals surface area contributed by atoms with Crippen molar-refractivity contribution in [3.8, 4) is 0 Å². The average Bonchev–Trinajstić information content (AvgIpc) is 2.39. The third-order valence-electron chi connectivity index (χ3n) is 2.84. The van der Waals surface area contributed by atoms with Crippen molar-refractivity contribution in [2.75, 3.05) is 26.2 Å². The Hall–Kier alpha value is -1.42. The van der Waals surface area contributed by atoms with E-state index >= 15 is 0 Å². The molecule has 0 spiro atoms. The monoisotopic (exact) mass is 219 g/mol. The molecule has 0 unspecified atom stereocenters. The van der Waals surface area contributed by atoms with Crippen molar-refractivity contribution in [2.45, 2.75) is 13.3 Å². The highest BCUT2D eigenvalue weighted by atomic mass is 16.2. The number of aromatic nitrogens is 1. The zero-order chi connectivity index (χ0) is 11.4. The minimum absolute atomic E-state index is 0.0941. The second kappa shape index (κ2) is 5.07. The Labute approximate surface area is 95.7 Å². The van der Waals surface area contributed by atoms with Crippen LogP contribution in [0.3, 0.4) is 0 Å². The second-order valence-corrected chi connectivity index (χ2v) is 3.93. The highest BCUT2D eigenvalue weighted by molar-refractivity contribution is 5.94. The predicted molar refractivity (Wildman–Crippen MR) is 62.4 cm³/mol. The molecule has 0 radical (unpaired) electrons. The highest BCUT2D eigenvalue weighted by Gasteiger charge is 2.17. The summed E-state index contributed by atoms with van der Waals surface area (Å²) in [4.78, 5) is 18.2. The van der Waals surface area contributed by atoms with Crippen LogP contribution in [0.25, 0.3) is 0 Å². The molecule has 1 aliphatic heterocycles. The minimum atomic E-state index is 0.0941. The smallest absolute Gasteiger partial charge is 0.255 e. The van der Waals surface area contributed by atoms with E-state index in [0.717, 1.165) is 38.3 Å². The van der Waals surface area contributed by atoms with Crippen LogP contribution in [0.4, 0.5) is 0 Å². The number of rotatable bonds is 2. The number of pyridine rings is 1. The van der Waals surface area contributed by atoms with Gasteiger partial charge in [-0.15, -0.1) is 0 Å². The quantitative estimate of drug-likeness (QED) is 0.796. The molecule has 1 fully saturated rings. The van der Waals surface area contributed by atoms with Gasteiger partial charge in [0.1, 0.15) is 0 Å². The first-order valence-electron chi connectivity index (χ1n) is 5.76. The van der Waals surface area contributed by atoms with E-state index in [2.05, 4.69) is 17.2 Å². The Morgan fingerprint density at radius 2 is 2.19 bits per heavy atom. The molecular formula is C12H17N3O. The Morgan fingerprint density at radius 3 is 2.75 bits per heavy atom. The van der Waals surface area contributed by atoms with E-state index in [4.69, 9.17) is 0 Å². The predicted octanol–water partition coefficient (Wildman–Crippen LogP) is 0.689. The van der Waals surface area contributed by atoms with Crippen molar-refractivity contribution < 1.29 is 4.79 Å². The van der Waals surface area contributed by atoms with Crippen molar-refractivity contribution in [3.63, 3.8) is 0 Å². The molecule has 0 aliphatic carbocycles. The van der Waals surface area contributed by atoms with Crippen molar-refractivity contribution in [2.24, 2.45) is 0 Å². The molecule has 16 heavy (non-hydrogen) atoms. The Bertz CT molecular complexity index is 355. The van der Waals surface area contributed by atoms with Crippen molar-refractivity contribution in [3.05, 3.63) is 29.6 Å². The molecule has 0 bridgehead atoms. The molecule has 0 aromatic carbocycles. The Morgan fingerprint density at radius 1 is 1.44 bits per heavy atom. The lowest BCUT2D eigenvalue weighted by Gasteiger charge is -2.27. The number of amides is 1. The molecule has 1 aromatic heterocycles. The number of nitrogens with one attached hydrogen (secondary N) is 1. The molecule has 1 N–H and O–H groups in total. The summed E-state index contributed by atoms with van der Waals surface area (Å²) in [5.74, 6) is 0.0941. The first kappa shape index (κ1) is 11.1. The summed E-state index contributed by atoms with van der Waals surface area (Å²) in [6.45, 7) is 5.39. The van der Waals surface area contributed by atoms with Gasteiger partial charge in [-0.1, -0.05) is 6.92 Å². The van der Waals surface area contributed by atoms with Crippen LogP contribution in [-0.2, 0) is 6.42 Å². The van der Waals surface area contributed by atoms with Crippen LogP contribution < -0.4 is 5.32 Å². The molecule has 1 amide bonds. The molecule has 0 saturated carbocycles. The van der Waals surface area contributed by atoms with E-state index in [1.807, 2.05) is 17.0 Å². The van der Waals surface area contributed by atoms with Crippen LogP contribution >= 0.6 is 0 Å². The minimum Gasteiger partial charge on any atom is -0.336 e. The standard InChI is InChI=1S/C12H17N3O/c1-2-11-4-3-10(9-14-11)12(16)15-7-5-13-6-8-15/h3-4,9,13H,2,5-8H2,1H3. The lowest BCUT2D eigenvalue weighted by atomic mass is 10.2. The fourth-order valence-electron chi connectivity index (χ4n) is 1.81. The first-order valence-corrected chi connectivity index (χ1v) is 5.76. The van der Waals surface area contributed by atoms with Gasteiger partial charge in [-0.3, -0.25) is 9.78 Å². The maximum Gasteiger partial charge on any atom is 0.255 e. The lowest BCUT2D eigenvalue weighted by Crippen LogP contribution is -2.46. The van der Waals surface area contributed by atoms with E-state index < -0.39 is 0 Å². The lowest BCUT2D eigenvalue weighted by molar-refractivity contribution is 0.0735. The Kier molecular flexibility index (Phi) is 3.51. The van der Waals surface area contributed by atoms with Crippen LogP contribution in [-0.4, -0.2) is 42.0 Å². The molecule has 86 valence electrons. The van der Waals surface area contributed by atoms with Gasteiger partial charge < -0.3 is 10.2 Å². The average molecular weight is 219 g/mol. The van der Waals surface area contributed by atoms with Gasteiger partial charge >= 0.3 is 0 Å². The van der Waals surface area contributed by atoms with Gasteiger partial charge in [0, 0.05) is 38.1 Å². The fraction of sp³-hybridized carbons (Fsp3) is 0.500. The van der Waals surface area contributed by atoms with Crippen LogP contribution in [0.1, 0.15) is 23.0 Å². The van der Waals surface area contributed by atoms with E-state index in [1.54, 1.807) is 6.20 Å². The third-order valence-corrected chi connectivity index (χ3v) is 2.84. The number of carbonyl (C=O) groups is 1. The van der Waals surface area contributed by atoms with Gasteiger partial charge in [0.25, 0.3) is 5.91 Å². The normalized spacial score (nSPS) is 16.2. The SMILES string of the molecule is CCc1ccc(C(=O)N2CCNCC2)cn1. The van der Waals surface area contributed by atoms with E-state index in [0.29, 0.717) is 5.56 Å². The summed E-state index contributed by atoms with van der Waals surface area (Å²) in [5.41, 5.74) is 1.72. The summed E-state index contributed by atoms with van der Waals surface area (Å²) >= 11 is 0. The summed E-state index contributed by atoms with van der Waals surface area (Å²) in [5, 5.41) is 3.23. The number of nitrogens with zero attached hydrogens (tertiary/aromatic N) is 2. The molecule has 2 rings (SSSR count). The zero-order valence-electron chi connectivity index (χ0n) is 9.57. The number of hydrogen-bond donors (Lipinski definition) is 1. The van der Waals surface area contributed by atoms with Gasteiger partial charge in [0.05, 0.1) is 5.56 Å². The van der Waals surface area contributed by atoms with Crippen molar-refractivity contribution in [1.29, 1.82) is 0 Å². The van der Waals surface area contributed by atoms with Gasteiger partial charge in [0.2, 0.25) is 0 Å². The van der Waals surface area contributed by atoms with E-state index in [-0.39, 0.29) is 5.91 Å². The maximum absolute atomic E-state index is 12.1. The van der Waals surface area contributed by atoms with Gasteiger partial charge in [-0.05, 0) is 18.6 Å². The van der Waals surface area contributed by atoms with Gasteiger partial charge in [-0.2, -0.15) is 0 Å². The molecule has 1 aromatic rings. The summed E-state index contributed by atoms with van der Waals surface area (Å²) in [7, 11) is 0. The van der Waals surface area contributed by atoms with Crippen molar-refractivity contribution >= 4 is 5.91 Å². The molecule has 4 heteroatoms.